The molecule has 1 aliphatic heterocycles. The van der Waals surface area contributed by atoms with Crippen molar-refractivity contribution in [2.75, 3.05) is 25.5 Å². The van der Waals surface area contributed by atoms with Crippen molar-refractivity contribution < 1.29 is 4.79 Å². The summed E-state index contributed by atoms with van der Waals surface area (Å²) in [7, 11) is 1.83. The predicted molar refractivity (Wildman–Crippen MR) is 100 cm³/mol. The molecule has 0 aromatic heterocycles. The average molecular weight is 330 g/mol. The molecule has 0 saturated carbocycles. The van der Waals surface area contributed by atoms with Crippen LogP contribution >= 0.6 is 0 Å². The van der Waals surface area contributed by atoms with Crippen molar-refractivity contribution in [1.29, 1.82) is 0 Å². The number of aliphatic imine (C=N–C) groups is 1. The van der Waals surface area contributed by atoms with Gasteiger partial charge < -0.3 is 15.5 Å². The second-order valence-corrected chi connectivity index (χ2v) is 7.23. The van der Waals surface area contributed by atoms with E-state index < -0.39 is 0 Å². The van der Waals surface area contributed by atoms with Gasteiger partial charge in [-0.15, -0.1) is 0 Å². The van der Waals surface area contributed by atoms with Gasteiger partial charge in [0.15, 0.2) is 5.96 Å². The molecule has 1 aromatic carbocycles. The fourth-order valence-corrected chi connectivity index (χ4v) is 2.96. The molecular formula is C19H30N4O. The highest BCUT2D eigenvalue weighted by molar-refractivity contribution is 5.90. The molecule has 132 valence electrons. The van der Waals surface area contributed by atoms with Gasteiger partial charge in [-0.25, -0.2) is 0 Å². The van der Waals surface area contributed by atoms with Crippen LogP contribution in [0.2, 0.25) is 0 Å². The summed E-state index contributed by atoms with van der Waals surface area (Å²) in [6.07, 6.45) is 2.62. The number of carbonyl (C=O) groups excluding carboxylic acids is 1. The highest BCUT2D eigenvalue weighted by Crippen LogP contribution is 2.28. The lowest BCUT2D eigenvalue weighted by atomic mass is 9.93. The smallest absolute Gasteiger partial charge is 0.224 e. The molecule has 2 N–H and O–H groups in total. The third-order valence-electron chi connectivity index (χ3n) is 4.35. The Morgan fingerprint density at radius 2 is 2.00 bits per heavy atom. The first-order valence-electron chi connectivity index (χ1n) is 8.78. The van der Waals surface area contributed by atoms with E-state index in [2.05, 4.69) is 34.4 Å². The number of amides is 1. The first-order valence-corrected chi connectivity index (χ1v) is 8.78. The monoisotopic (exact) mass is 330 g/mol. The Labute approximate surface area is 145 Å². The molecule has 0 unspecified atom stereocenters. The van der Waals surface area contributed by atoms with E-state index in [1.807, 2.05) is 38.2 Å². The molecule has 0 bridgehead atoms. The topological polar surface area (TPSA) is 56.7 Å². The van der Waals surface area contributed by atoms with Crippen molar-refractivity contribution in [3.8, 4) is 0 Å². The number of hydrogen-bond donors (Lipinski definition) is 2. The number of carbonyl (C=O) groups is 1. The van der Waals surface area contributed by atoms with E-state index in [4.69, 9.17) is 0 Å². The number of rotatable bonds is 5. The number of hydrogen-bond acceptors (Lipinski definition) is 2. The number of nitrogens with zero attached hydrogens (tertiary/aromatic N) is 2. The first-order chi connectivity index (χ1) is 11.4. The Morgan fingerprint density at radius 1 is 1.29 bits per heavy atom. The average Bonchev–Trinajstić information content (AvgIpc) is 2.90. The molecule has 0 aliphatic carbocycles. The minimum atomic E-state index is 0.0698. The van der Waals surface area contributed by atoms with Gasteiger partial charge in [0.25, 0.3) is 0 Å². The number of anilines is 1. The zero-order valence-electron chi connectivity index (χ0n) is 15.4. The van der Waals surface area contributed by atoms with E-state index in [0.717, 1.165) is 37.7 Å². The van der Waals surface area contributed by atoms with Crippen LogP contribution in [0, 0.1) is 5.41 Å². The number of likely N-dealkylation sites (tertiary alicyclic amines) is 1. The predicted octanol–water partition coefficient (Wildman–Crippen LogP) is 3.23. The van der Waals surface area contributed by atoms with E-state index in [-0.39, 0.29) is 5.91 Å². The third-order valence-corrected chi connectivity index (χ3v) is 4.35. The lowest BCUT2D eigenvalue weighted by Gasteiger charge is -2.23. The van der Waals surface area contributed by atoms with E-state index in [1.165, 1.54) is 12.0 Å². The van der Waals surface area contributed by atoms with E-state index in [1.54, 1.807) is 0 Å². The largest absolute Gasteiger partial charge is 0.352 e. The van der Waals surface area contributed by atoms with E-state index in [9.17, 15) is 4.79 Å². The summed E-state index contributed by atoms with van der Waals surface area (Å²) >= 11 is 0. The second kappa shape index (κ2) is 8.18. The number of benzene rings is 1. The fourth-order valence-electron chi connectivity index (χ4n) is 2.96. The standard InChI is InChI=1S/C19H30N4O/c1-5-6-17(24)22-16-9-7-15(8-10-16)13-21-18(20-4)23-12-11-19(2,3)14-23/h7-10H,5-6,11-14H2,1-4H3,(H,20,21)(H,22,24). The highest BCUT2D eigenvalue weighted by Gasteiger charge is 2.30. The number of nitrogens with one attached hydrogen (secondary N) is 2. The molecular weight excluding hydrogens is 300 g/mol. The Balaban J connectivity index is 1.86. The van der Waals surface area contributed by atoms with Crippen molar-refractivity contribution >= 4 is 17.6 Å². The van der Waals surface area contributed by atoms with Crippen LogP contribution in [0.15, 0.2) is 29.3 Å². The van der Waals surface area contributed by atoms with Gasteiger partial charge in [-0.05, 0) is 36.0 Å². The van der Waals surface area contributed by atoms with Crippen LogP contribution in [-0.4, -0.2) is 36.9 Å². The molecule has 2 rings (SSSR count). The maximum absolute atomic E-state index is 11.6. The van der Waals surface area contributed by atoms with Gasteiger partial charge in [0.05, 0.1) is 0 Å². The van der Waals surface area contributed by atoms with Gasteiger partial charge in [0, 0.05) is 38.8 Å². The van der Waals surface area contributed by atoms with Crippen molar-refractivity contribution in [2.24, 2.45) is 10.4 Å². The Hall–Kier alpha value is -2.04. The first kappa shape index (κ1) is 18.3. The van der Waals surface area contributed by atoms with Crippen LogP contribution < -0.4 is 10.6 Å². The summed E-state index contributed by atoms with van der Waals surface area (Å²) in [6.45, 7) is 9.41. The van der Waals surface area contributed by atoms with Crippen molar-refractivity contribution in [1.82, 2.24) is 10.2 Å². The van der Waals surface area contributed by atoms with Gasteiger partial charge >= 0.3 is 0 Å². The Morgan fingerprint density at radius 3 is 2.54 bits per heavy atom. The lowest BCUT2D eigenvalue weighted by Crippen LogP contribution is -2.40. The molecule has 1 amide bonds. The summed E-state index contributed by atoms with van der Waals surface area (Å²) in [6, 6.07) is 7.98. The van der Waals surface area contributed by atoms with Crippen molar-refractivity contribution in [3.63, 3.8) is 0 Å². The Kier molecular flexibility index (Phi) is 6.23. The molecule has 1 aromatic rings. The van der Waals surface area contributed by atoms with Crippen molar-refractivity contribution in [2.45, 2.75) is 46.6 Å². The molecule has 5 heteroatoms. The summed E-state index contributed by atoms with van der Waals surface area (Å²) in [5, 5.41) is 6.34. The van der Waals surface area contributed by atoms with Crippen molar-refractivity contribution in [3.05, 3.63) is 29.8 Å². The molecule has 24 heavy (non-hydrogen) atoms. The molecule has 1 aliphatic rings. The van der Waals surface area contributed by atoms with Gasteiger partial charge in [-0.3, -0.25) is 9.79 Å². The minimum Gasteiger partial charge on any atom is -0.352 e. The van der Waals surface area contributed by atoms with Crippen LogP contribution in [0.3, 0.4) is 0 Å². The van der Waals surface area contributed by atoms with Crippen LogP contribution in [0.5, 0.6) is 0 Å². The normalized spacial score (nSPS) is 17.0. The van der Waals surface area contributed by atoms with Gasteiger partial charge in [0.2, 0.25) is 5.91 Å². The second-order valence-electron chi connectivity index (χ2n) is 7.23. The van der Waals surface area contributed by atoms with Crippen LogP contribution in [0.25, 0.3) is 0 Å². The molecule has 0 atom stereocenters. The summed E-state index contributed by atoms with van der Waals surface area (Å²) in [5.74, 6) is 1.03. The zero-order chi connectivity index (χ0) is 17.6. The highest BCUT2D eigenvalue weighted by atomic mass is 16.1. The zero-order valence-corrected chi connectivity index (χ0v) is 15.4. The Bertz CT molecular complexity index is 578. The van der Waals surface area contributed by atoms with Crippen LogP contribution in [0.4, 0.5) is 5.69 Å². The SMILES string of the molecule is CCCC(=O)Nc1ccc(CNC(=NC)N2CCC(C)(C)C2)cc1. The summed E-state index contributed by atoms with van der Waals surface area (Å²) in [5.41, 5.74) is 2.38. The maximum atomic E-state index is 11.6. The number of guanidine groups is 1. The lowest BCUT2D eigenvalue weighted by molar-refractivity contribution is -0.116. The van der Waals surface area contributed by atoms with Crippen LogP contribution in [-0.2, 0) is 11.3 Å². The quantitative estimate of drug-likeness (QED) is 0.644. The minimum absolute atomic E-state index is 0.0698. The van der Waals surface area contributed by atoms with Gasteiger partial charge in [0.1, 0.15) is 0 Å². The molecule has 1 fully saturated rings. The van der Waals surface area contributed by atoms with Gasteiger partial charge in [-0.2, -0.15) is 0 Å². The van der Waals surface area contributed by atoms with E-state index in [0.29, 0.717) is 11.8 Å². The molecule has 1 heterocycles. The fraction of sp³-hybridized carbons (Fsp3) is 0.579. The molecule has 5 nitrogen and oxygen atoms in total. The van der Waals surface area contributed by atoms with E-state index >= 15 is 0 Å². The molecule has 0 spiro atoms. The third kappa shape index (κ3) is 5.25. The molecule has 0 radical (unpaired) electrons. The van der Waals surface area contributed by atoms with Crippen LogP contribution in [0.1, 0.15) is 45.6 Å². The van der Waals surface area contributed by atoms with Gasteiger partial charge in [-0.1, -0.05) is 32.9 Å². The maximum Gasteiger partial charge on any atom is 0.224 e. The summed E-state index contributed by atoms with van der Waals surface area (Å²) in [4.78, 5) is 18.3. The molecule has 1 saturated heterocycles. The summed E-state index contributed by atoms with van der Waals surface area (Å²) < 4.78 is 0.